The van der Waals surface area contributed by atoms with Crippen LogP contribution in [0.25, 0.3) is 20.8 Å². The minimum absolute atomic E-state index is 0.0244. The van der Waals surface area contributed by atoms with Gasteiger partial charge in [-0.15, -0.1) is 11.3 Å². The monoisotopic (exact) mass is 733 g/mol. The Morgan fingerprint density at radius 3 is 2.46 bits per heavy atom. The molecule has 1 aliphatic heterocycles. The van der Waals surface area contributed by atoms with Crippen LogP contribution in [-0.2, 0) is 25.6 Å². The summed E-state index contributed by atoms with van der Waals surface area (Å²) in [4.78, 5) is 62.2. The van der Waals surface area contributed by atoms with E-state index in [4.69, 9.17) is 14.2 Å². The molecule has 0 radical (unpaired) electrons. The molecule has 3 aromatic heterocycles. The third-order valence-electron chi connectivity index (χ3n) is 8.04. The zero-order valence-corrected chi connectivity index (χ0v) is 29.9. The zero-order valence-electron chi connectivity index (χ0n) is 29.1. The van der Waals surface area contributed by atoms with E-state index >= 15 is 0 Å². The standard InChI is InChI=1S/C36H40FN7O7S/c1-36(2,3)51-35(48)40-19-32(46)49-21-31(45)44-14-12-43(13-15-44)20-22-4-8-26(39-18-22)30-17-27-33(52-30)29(10-11-38-27)50-28-9-7-24(16-25(28)37)42-34(47)41-23-5-6-23/h4,7-11,16-18,23H,5-6,12-15,19-21H2,1-3H3,(H,40,48)(H2,41,42,47). The Bertz CT molecular complexity index is 1940. The van der Waals surface area contributed by atoms with Crippen molar-refractivity contribution < 1.29 is 37.8 Å². The molecule has 1 saturated heterocycles. The molecule has 4 amide bonds. The van der Waals surface area contributed by atoms with E-state index in [1.807, 2.05) is 24.4 Å². The van der Waals surface area contributed by atoms with Gasteiger partial charge in [0.25, 0.3) is 5.91 Å². The lowest BCUT2D eigenvalue weighted by atomic mass is 10.2. The average Bonchev–Trinajstić information content (AvgIpc) is 3.80. The second-order valence-electron chi connectivity index (χ2n) is 13.5. The average molecular weight is 734 g/mol. The SMILES string of the molecule is CC(C)(C)OC(=O)NCC(=O)OCC(=O)N1CCN(Cc2ccc(-c3cc4nccc(Oc5ccc(NC(=O)NC6CC6)cc5F)c4s3)nc2)CC1. The maximum absolute atomic E-state index is 15.0. The van der Waals surface area contributed by atoms with Crippen molar-refractivity contribution in [3.63, 3.8) is 0 Å². The number of amides is 4. The van der Waals surface area contributed by atoms with E-state index in [-0.39, 0.29) is 23.7 Å². The third-order valence-corrected chi connectivity index (χ3v) is 9.20. The van der Waals surface area contributed by atoms with Crippen LogP contribution in [-0.4, -0.2) is 94.7 Å². The number of nitrogens with zero attached hydrogens (tertiary/aromatic N) is 4. The van der Waals surface area contributed by atoms with E-state index < -0.39 is 36.6 Å². The maximum atomic E-state index is 15.0. The molecule has 0 bridgehead atoms. The number of anilines is 1. The number of urea groups is 1. The van der Waals surface area contributed by atoms with Gasteiger partial charge in [-0.05, 0) is 63.4 Å². The molecule has 4 heterocycles. The van der Waals surface area contributed by atoms with Crippen LogP contribution >= 0.6 is 11.3 Å². The Balaban J connectivity index is 0.973. The van der Waals surface area contributed by atoms with Gasteiger partial charge in [0, 0.05) is 69.0 Å². The van der Waals surface area contributed by atoms with E-state index in [1.54, 1.807) is 44.0 Å². The van der Waals surface area contributed by atoms with Gasteiger partial charge in [-0.2, -0.15) is 0 Å². The second kappa shape index (κ2) is 15.9. The number of pyridine rings is 2. The molecule has 274 valence electrons. The van der Waals surface area contributed by atoms with Gasteiger partial charge in [0.15, 0.2) is 18.2 Å². The first kappa shape index (κ1) is 36.4. The number of piperazine rings is 1. The van der Waals surface area contributed by atoms with Gasteiger partial charge in [0.2, 0.25) is 0 Å². The van der Waals surface area contributed by atoms with E-state index in [1.165, 1.54) is 23.5 Å². The molecule has 3 N–H and O–H groups in total. The van der Waals surface area contributed by atoms with Crippen molar-refractivity contribution in [2.24, 2.45) is 0 Å². The zero-order chi connectivity index (χ0) is 36.8. The minimum atomic E-state index is -0.738. The summed E-state index contributed by atoms with van der Waals surface area (Å²) in [6.45, 7) is 7.25. The normalized spacial score (nSPS) is 14.8. The number of carbonyl (C=O) groups is 4. The van der Waals surface area contributed by atoms with E-state index in [0.717, 1.165) is 33.7 Å². The lowest BCUT2D eigenvalue weighted by molar-refractivity contribution is -0.152. The summed E-state index contributed by atoms with van der Waals surface area (Å²) in [7, 11) is 0. The molecule has 0 spiro atoms. The van der Waals surface area contributed by atoms with Crippen LogP contribution in [0.1, 0.15) is 39.2 Å². The topological polar surface area (TPSA) is 164 Å². The van der Waals surface area contributed by atoms with Crippen molar-refractivity contribution in [1.82, 2.24) is 30.4 Å². The molecule has 2 aliphatic rings. The van der Waals surface area contributed by atoms with Crippen LogP contribution < -0.4 is 20.7 Å². The van der Waals surface area contributed by atoms with Gasteiger partial charge in [-0.1, -0.05) is 6.07 Å². The first-order valence-electron chi connectivity index (χ1n) is 16.9. The summed E-state index contributed by atoms with van der Waals surface area (Å²) in [5.74, 6) is -1.15. The minimum Gasteiger partial charge on any atom is -0.454 e. The van der Waals surface area contributed by atoms with Crippen LogP contribution in [0.15, 0.2) is 54.9 Å². The number of hydrogen-bond acceptors (Lipinski definition) is 11. The predicted octanol–water partition coefficient (Wildman–Crippen LogP) is 5.29. The molecule has 14 nitrogen and oxygen atoms in total. The summed E-state index contributed by atoms with van der Waals surface area (Å²) in [6.07, 6.45) is 4.60. The fourth-order valence-electron chi connectivity index (χ4n) is 5.30. The Labute approximate surface area is 303 Å². The highest BCUT2D eigenvalue weighted by Crippen LogP contribution is 2.39. The smallest absolute Gasteiger partial charge is 0.408 e. The van der Waals surface area contributed by atoms with Gasteiger partial charge in [0.1, 0.15) is 17.9 Å². The number of hydrogen-bond donors (Lipinski definition) is 3. The number of carbonyl (C=O) groups excluding carboxylic acids is 4. The van der Waals surface area contributed by atoms with Crippen LogP contribution in [0.4, 0.5) is 19.7 Å². The number of esters is 1. The quantitative estimate of drug-likeness (QED) is 0.173. The van der Waals surface area contributed by atoms with Crippen molar-refractivity contribution in [3.8, 4) is 22.1 Å². The lowest BCUT2D eigenvalue weighted by Gasteiger charge is -2.34. The number of nitrogens with one attached hydrogen (secondary N) is 3. The summed E-state index contributed by atoms with van der Waals surface area (Å²) in [6, 6.07) is 11.7. The number of fused-ring (bicyclic) bond motifs is 1. The second-order valence-corrected chi connectivity index (χ2v) is 14.5. The molecule has 0 unspecified atom stereocenters. The molecule has 1 aromatic carbocycles. The molecule has 2 fully saturated rings. The summed E-state index contributed by atoms with van der Waals surface area (Å²) >= 11 is 1.44. The van der Waals surface area contributed by atoms with E-state index in [0.29, 0.717) is 49.7 Å². The van der Waals surface area contributed by atoms with E-state index in [9.17, 15) is 23.6 Å². The Morgan fingerprint density at radius 2 is 1.77 bits per heavy atom. The first-order valence-corrected chi connectivity index (χ1v) is 17.7. The number of aromatic nitrogens is 2. The van der Waals surface area contributed by atoms with Crippen molar-refractivity contribution in [1.29, 1.82) is 0 Å². The van der Waals surface area contributed by atoms with Crippen molar-refractivity contribution in [2.75, 3.05) is 44.6 Å². The molecule has 0 atom stereocenters. The summed E-state index contributed by atoms with van der Waals surface area (Å²) in [5.41, 5.74) is 2.10. The van der Waals surface area contributed by atoms with Crippen molar-refractivity contribution in [3.05, 3.63) is 66.2 Å². The van der Waals surface area contributed by atoms with Crippen LogP contribution in [0.5, 0.6) is 11.5 Å². The predicted molar refractivity (Wildman–Crippen MR) is 192 cm³/mol. The summed E-state index contributed by atoms with van der Waals surface area (Å²) in [5, 5.41) is 7.76. The van der Waals surface area contributed by atoms with Gasteiger partial charge < -0.3 is 35.1 Å². The Kier molecular flexibility index (Phi) is 11.1. The lowest BCUT2D eigenvalue weighted by Crippen LogP contribution is -2.49. The molecule has 16 heteroatoms. The van der Waals surface area contributed by atoms with Crippen LogP contribution in [0, 0.1) is 5.82 Å². The number of ether oxygens (including phenoxy) is 3. The fraction of sp³-hybridized carbons (Fsp3) is 0.389. The number of rotatable bonds is 11. The first-order chi connectivity index (χ1) is 24.9. The summed E-state index contributed by atoms with van der Waals surface area (Å²) < 4.78 is 31.8. The number of alkyl carbamates (subject to hydrolysis) is 1. The Hall–Kier alpha value is -5.35. The third kappa shape index (κ3) is 10.1. The molecule has 4 aromatic rings. The highest BCUT2D eigenvalue weighted by atomic mass is 32.1. The maximum Gasteiger partial charge on any atom is 0.408 e. The molecule has 6 rings (SSSR count). The van der Waals surface area contributed by atoms with Crippen LogP contribution in [0.2, 0.25) is 0 Å². The number of thiophene rings is 1. The molecule has 1 saturated carbocycles. The fourth-order valence-corrected chi connectivity index (χ4v) is 6.34. The molecular formula is C36H40FN7O7S. The van der Waals surface area contributed by atoms with Crippen molar-refractivity contribution in [2.45, 2.75) is 51.8 Å². The van der Waals surface area contributed by atoms with E-state index in [2.05, 4.69) is 30.8 Å². The largest absolute Gasteiger partial charge is 0.454 e. The highest BCUT2D eigenvalue weighted by Gasteiger charge is 2.24. The number of halogens is 1. The van der Waals surface area contributed by atoms with Gasteiger partial charge in [-0.3, -0.25) is 24.5 Å². The van der Waals surface area contributed by atoms with Crippen molar-refractivity contribution >= 4 is 51.2 Å². The highest BCUT2D eigenvalue weighted by molar-refractivity contribution is 7.22. The van der Waals surface area contributed by atoms with Gasteiger partial charge >= 0.3 is 18.1 Å². The van der Waals surface area contributed by atoms with Gasteiger partial charge in [0.05, 0.1) is 20.8 Å². The van der Waals surface area contributed by atoms with Gasteiger partial charge in [-0.25, -0.2) is 14.0 Å². The Morgan fingerprint density at radius 1 is 0.981 bits per heavy atom. The molecule has 1 aliphatic carbocycles. The van der Waals surface area contributed by atoms with Crippen LogP contribution in [0.3, 0.4) is 0 Å². The number of benzene rings is 1. The molecular weight excluding hydrogens is 694 g/mol. The molecule has 52 heavy (non-hydrogen) atoms.